The highest BCUT2D eigenvalue weighted by Crippen LogP contribution is 2.62. The number of rotatable bonds is 8. The van der Waals surface area contributed by atoms with Gasteiger partial charge in [0.2, 0.25) is 10.5 Å². The normalized spacial score (nSPS) is 19.4. The Kier molecular flexibility index (Phi) is 7.91. The molecule has 3 radical (unpaired) electrons. The van der Waals surface area contributed by atoms with E-state index in [4.69, 9.17) is 4.43 Å². The van der Waals surface area contributed by atoms with Gasteiger partial charge in [-0.1, -0.05) is 55.4 Å². The van der Waals surface area contributed by atoms with Gasteiger partial charge in [0.1, 0.15) is 0 Å². The largest absolute Gasteiger partial charge is 0.392 e. The summed E-state index contributed by atoms with van der Waals surface area (Å²) >= 11 is 3.94. The lowest BCUT2D eigenvalue weighted by atomic mass is 9.52. The van der Waals surface area contributed by atoms with Crippen LogP contribution in [0.25, 0.3) is 0 Å². The molecule has 0 rings (SSSR count). The minimum atomic E-state index is -1.26. The molecule has 1 unspecified atom stereocenters. The van der Waals surface area contributed by atoms with Gasteiger partial charge in [-0.2, -0.15) is 0 Å². The third-order valence-electron chi connectivity index (χ3n) is 5.32. The standard InChI is InChI=1S/C16H33O2S2Si/c1-10-19-12(20-11-2)15(8,13(3,4)5)14(6,7)16(9,17)18-21/h12,17H,10-11H2,1-9H3/t15-,16?/m1/s1. The Labute approximate surface area is 144 Å². The highest BCUT2D eigenvalue weighted by Gasteiger charge is 2.60. The molecule has 0 aromatic rings. The SMILES string of the molecule is CCSC(SCC)[C@](C)(C(C)(C)C)C(C)(C)C(C)(O)O[Si]. The summed E-state index contributed by atoms with van der Waals surface area (Å²) in [5.74, 6) is 0.874. The number of aliphatic hydroxyl groups is 1. The van der Waals surface area contributed by atoms with Crippen LogP contribution < -0.4 is 0 Å². The second-order valence-electron chi connectivity index (χ2n) is 7.40. The highest BCUT2D eigenvalue weighted by atomic mass is 32.2. The van der Waals surface area contributed by atoms with Crippen LogP contribution in [0.5, 0.6) is 0 Å². The van der Waals surface area contributed by atoms with Crippen molar-refractivity contribution in [1.82, 2.24) is 0 Å². The summed E-state index contributed by atoms with van der Waals surface area (Å²) in [6.07, 6.45) is 0. The first kappa shape index (κ1) is 21.8. The van der Waals surface area contributed by atoms with Crippen molar-refractivity contribution in [1.29, 1.82) is 0 Å². The molecule has 0 amide bonds. The van der Waals surface area contributed by atoms with Crippen LogP contribution in [0.1, 0.15) is 62.3 Å². The quantitative estimate of drug-likeness (QED) is 0.508. The van der Waals surface area contributed by atoms with Gasteiger partial charge < -0.3 is 9.53 Å². The first-order valence-corrected chi connectivity index (χ1v) is 10.1. The van der Waals surface area contributed by atoms with Crippen LogP contribution in [-0.4, -0.2) is 37.5 Å². The summed E-state index contributed by atoms with van der Waals surface area (Å²) < 4.78 is 5.68. The molecule has 0 bridgehead atoms. The zero-order chi connectivity index (χ0) is 17.1. The molecule has 0 heterocycles. The maximum atomic E-state index is 10.8. The summed E-state index contributed by atoms with van der Waals surface area (Å²) in [6.45, 7) is 19.4. The molecular formula is C16H33O2S2Si. The van der Waals surface area contributed by atoms with Crippen LogP contribution in [0.2, 0.25) is 0 Å². The van der Waals surface area contributed by atoms with E-state index in [1.807, 2.05) is 23.5 Å². The van der Waals surface area contributed by atoms with Crippen molar-refractivity contribution in [2.75, 3.05) is 11.5 Å². The van der Waals surface area contributed by atoms with Gasteiger partial charge >= 0.3 is 0 Å². The molecule has 0 aliphatic heterocycles. The summed E-state index contributed by atoms with van der Waals surface area (Å²) in [4.78, 5) is 0. The van der Waals surface area contributed by atoms with Crippen molar-refractivity contribution in [3.63, 3.8) is 0 Å². The van der Waals surface area contributed by atoms with Crippen molar-refractivity contribution < 1.29 is 9.53 Å². The molecule has 0 saturated carbocycles. The Bertz CT molecular complexity index is 321. The van der Waals surface area contributed by atoms with Gasteiger partial charge in [-0.15, -0.1) is 23.5 Å². The van der Waals surface area contributed by atoms with Crippen LogP contribution >= 0.6 is 23.5 Å². The number of thioether (sulfide) groups is 2. The van der Waals surface area contributed by atoms with Gasteiger partial charge in [0, 0.05) is 10.8 Å². The first-order valence-electron chi connectivity index (χ1n) is 7.63. The van der Waals surface area contributed by atoms with Crippen LogP contribution in [0, 0.1) is 16.2 Å². The van der Waals surface area contributed by atoms with Crippen molar-refractivity contribution in [3.8, 4) is 0 Å². The Morgan fingerprint density at radius 1 is 0.952 bits per heavy atom. The van der Waals surface area contributed by atoms with Gasteiger partial charge in [-0.05, 0) is 23.8 Å². The predicted octanol–water partition coefficient (Wildman–Crippen LogP) is 4.71. The highest BCUT2D eigenvalue weighted by molar-refractivity contribution is 8.17. The topological polar surface area (TPSA) is 29.5 Å². The van der Waals surface area contributed by atoms with Gasteiger partial charge in [0.15, 0.2) is 5.79 Å². The second kappa shape index (κ2) is 7.60. The van der Waals surface area contributed by atoms with Gasteiger partial charge in [0.25, 0.3) is 0 Å². The Hall–Kier alpha value is 0.837. The summed E-state index contributed by atoms with van der Waals surface area (Å²) in [6, 6.07) is 0. The fraction of sp³-hybridized carbons (Fsp3) is 1.00. The van der Waals surface area contributed by atoms with Gasteiger partial charge in [-0.3, -0.25) is 0 Å². The van der Waals surface area contributed by atoms with Crippen LogP contribution in [0.15, 0.2) is 0 Å². The Balaban J connectivity index is 6.07. The van der Waals surface area contributed by atoms with E-state index in [2.05, 4.69) is 65.9 Å². The van der Waals surface area contributed by atoms with E-state index < -0.39 is 11.2 Å². The molecule has 0 aromatic carbocycles. The lowest BCUT2D eigenvalue weighted by Gasteiger charge is -2.60. The van der Waals surface area contributed by atoms with E-state index in [0.29, 0.717) is 4.58 Å². The molecule has 5 heteroatoms. The van der Waals surface area contributed by atoms with Crippen molar-refractivity contribution in [2.45, 2.75) is 72.7 Å². The molecule has 125 valence electrons. The van der Waals surface area contributed by atoms with Crippen molar-refractivity contribution in [2.24, 2.45) is 16.2 Å². The zero-order valence-electron chi connectivity index (χ0n) is 15.2. The van der Waals surface area contributed by atoms with Crippen molar-refractivity contribution in [3.05, 3.63) is 0 Å². The molecule has 0 aliphatic carbocycles. The van der Waals surface area contributed by atoms with Crippen LogP contribution in [-0.2, 0) is 4.43 Å². The van der Waals surface area contributed by atoms with E-state index in [1.165, 1.54) is 0 Å². The minimum absolute atomic E-state index is 0.0141. The van der Waals surface area contributed by atoms with Crippen LogP contribution in [0.3, 0.4) is 0 Å². The second-order valence-corrected chi connectivity index (χ2v) is 10.7. The van der Waals surface area contributed by atoms with E-state index >= 15 is 0 Å². The molecule has 2 atom stereocenters. The van der Waals surface area contributed by atoms with Gasteiger partial charge in [0.05, 0.1) is 4.58 Å². The third kappa shape index (κ3) is 4.03. The maximum Gasteiger partial charge on any atom is 0.250 e. The molecule has 1 N–H and O–H groups in total. The zero-order valence-corrected chi connectivity index (χ0v) is 17.8. The molecule has 21 heavy (non-hydrogen) atoms. The summed E-state index contributed by atoms with van der Waals surface area (Å²) in [5, 5.41) is 10.8. The fourth-order valence-corrected chi connectivity index (χ4v) is 6.90. The minimum Gasteiger partial charge on any atom is -0.392 e. The predicted molar refractivity (Wildman–Crippen MR) is 98.9 cm³/mol. The monoisotopic (exact) mass is 349 g/mol. The smallest absolute Gasteiger partial charge is 0.250 e. The molecule has 0 aromatic heterocycles. The lowest BCUT2D eigenvalue weighted by molar-refractivity contribution is -0.249. The Morgan fingerprint density at radius 2 is 1.33 bits per heavy atom. The number of hydrogen-bond acceptors (Lipinski definition) is 4. The number of hydrogen-bond donors (Lipinski definition) is 1. The molecule has 0 fully saturated rings. The fourth-order valence-electron chi connectivity index (χ4n) is 2.88. The van der Waals surface area contributed by atoms with E-state index in [-0.39, 0.29) is 10.8 Å². The Morgan fingerprint density at radius 3 is 1.57 bits per heavy atom. The summed E-state index contributed by atoms with van der Waals surface area (Å²) in [7, 11) is 3.08. The average molecular weight is 350 g/mol. The third-order valence-corrected chi connectivity index (χ3v) is 8.75. The molecule has 2 nitrogen and oxygen atoms in total. The molecule has 0 saturated heterocycles. The van der Waals surface area contributed by atoms with E-state index in [1.54, 1.807) is 6.92 Å². The average Bonchev–Trinajstić information content (AvgIpc) is 2.35. The van der Waals surface area contributed by atoms with E-state index in [9.17, 15) is 5.11 Å². The first-order chi connectivity index (χ1) is 9.33. The molecule has 0 aliphatic rings. The summed E-state index contributed by atoms with van der Waals surface area (Å²) in [5.41, 5.74) is -0.577. The molecule has 0 spiro atoms. The van der Waals surface area contributed by atoms with Crippen molar-refractivity contribution >= 4 is 34.0 Å². The van der Waals surface area contributed by atoms with Crippen LogP contribution in [0.4, 0.5) is 0 Å². The van der Waals surface area contributed by atoms with Gasteiger partial charge in [-0.25, -0.2) is 0 Å². The molecular weight excluding hydrogens is 316 g/mol. The lowest BCUT2D eigenvalue weighted by Crippen LogP contribution is -2.61. The van der Waals surface area contributed by atoms with E-state index in [0.717, 1.165) is 11.5 Å². The maximum absolute atomic E-state index is 10.8.